The second kappa shape index (κ2) is 14.2. The molecule has 3 rings (SSSR count). The lowest BCUT2D eigenvalue weighted by Crippen LogP contribution is -2.12. The number of amides is 1. The maximum absolute atomic E-state index is 13.0. The van der Waals surface area contributed by atoms with Gasteiger partial charge in [-0.3, -0.25) is 4.79 Å². The Hall–Kier alpha value is -2.85. The van der Waals surface area contributed by atoms with Crippen molar-refractivity contribution in [3.63, 3.8) is 0 Å². The molecule has 3 aromatic carbocycles. The topological polar surface area (TPSA) is 29.1 Å². The molecule has 0 unspecified atom stereocenters. The second-order valence-electron chi connectivity index (χ2n) is 6.74. The highest BCUT2D eigenvalue weighted by Crippen LogP contribution is 2.14. The number of thiocarbonyl (C=S) groups is 1. The Labute approximate surface area is 193 Å². The first kappa shape index (κ1) is 26.2. The van der Waals surface area contributed by atoms with Crippen LogP contribution in [0.4, 0.5) is 10.1 Å². The summed E-state index contributed by atoms with van der Waals surface area (Å²) < 4.78 is 13.0. The summed E-state index contributed by atoms with van der Waals surface area (Å²) in [5.41, 5.74) is 5.64. The molecule has 2 radical (unpaired) electrons. The molecule has 0 atom stereocenters. The van der Waals surface area contributed by atoms with E-state index < -0.39 is 0 Å². The van der Waals surface area contributed by atoms with Crippen LogP contribution >= 0.6 is 12.2 Å². The number of hydrogen-bond donors (Lipinski definition) is 1. The molecule has 0 aromatic heterocycles. The Bertz CT molecular complexity index is 991. The zero-order valence-corrected chi connectivity index (χ0v) is 19.3. The highest BCUT2D eigenvalue weighted by molar-refractivity contribution is 7.78. The molecule has 0 saturated heterocycles. The Kier molecular flexibility index (Phi) is 12.0. The second-order valence-corrected chi connectivity index (χ2v) is 7.07. The predicted molar refractivity (Wildman–Crippen MR) is 136 cm³/mol. The van der Waals surface area contributed by atoms with Gasteiger partial charge in [0.15, 0.2) is 0 Å². The molecule has 0 saturated carbocycles. The fourth-order valence-electron chi connectivity index (χ4n) is 2.67. The minimum Gasteiger partial charge on any atom is -0.322 e. The third-order valence-electron chi connectivity index (χ3n) is 4.50. The smallest absolute Gasteiger partial charge is 0.255 e. The van der Waals surface area contributed by atoms with Crippen molar-refractivity contribution in [2.75, 3.05) is 5.32 Å². The standard InChI is InChI=1S/C15H14FNO.C10H11S.C2H5.H2/c1-10-6-7-12(8-11(10)2)15(18)17-14-5-3-4-13(16)9-14;1-9-5-2-3-6-10(9)7-4-8-11;1-2;/h3-9H,1-2H3,(H,17,18);2-3,5-6,8H,1,4,7H2;1H2,2H3;1H. The minimum absolute atomic E-state index is 0. The van der Waals surface area contributed by atoms with Crippen LogP contribution in [0.25, 0.3) is 0 Å². The fourth-order valence-corrected chi connectivity index (χ4v) is 2.79. The molecule has 0 aliphatic heterocycles. The molecule has 0 fully saturated rings. The molecular formula is C27H32FNOS. The third kappa shape index (κ3) is 9.22. The zero-order chi connectivity index (χ0) is 23.2. The van der Waals surface area contributed by atoms with Crippen LogP contribution in [0, 0.1) is 33.5 Å². The first-order valence-electron chi connectivity index (χ1n) is 10.1. The van der Waals surface area contributed by atoms with Crippen LogP contribution in [0.3, 0.4) is 0 Å². The number of benzene rings is 3. The van der Waals surface area contributed by atoms with Crippen LogP contribution in [-0.4, -0.2) is 11.3 Å². The van der Waals surface area contributed by atoms with E-state index in [2.05, 4.69) is 25.2 Å². The van der Waals surface area contributed by atoms with E-state index >= 15 is 0 Å². The van der Waals surface area contributed by atoms with Gasteiger partial charge in [0.25, 0.3) is 5.91 Å². The Morgan fingerprint density at radius 3 is 2.35 bits per heavy atom. The summed E-state index contributed by atoms with van der Waals surface area (Å²) >= 11 is 4.75. The summed E-state index contributed by atoms with van der Waals surface area (Å²) in [6, 6.07) is 19.5. The minimum atomic E-state index is -0.368. The van der Waals surface area contributed by atoms with Crippen molar-refractivity contribution in [3.8, 4) is 0 Å². The van der Waals surface area contributed by atoms with E-state index in [0.717, 1.165) is 29.5 Å². The van der Waals surface area contributed by atoms with Crippen molar-refractivity contribution in [3.05, 3.63) is 114 Å². The van der Waals surface area contributed by atoms with Crippen molar-refractivity contribution in [1.82, 2.24) is 0 Å². The highest BCUT2D eigenvalue weighted by Gasteiger charge is 2.07. The number of carbonyl (C=O) groups is 1. The number of aryl methyl sites for hydroxylation is 3. The Morgan fingerprint density at radius 2 is 1.74 bits per heavy atom. The van der Waals surface area contributed by atoms with Crippen molar-refractivity contribution in [2.45, 2.75) is 33.6 Å². The third-order valence-corrected chi connectivity index (χ3v) is 4.74. The van der Waals surface area contributed by atoms with Gasteiger partial charge in [-0.2, -0.15) is 0 Å². The molecule has 0 aliphatic rings. The molecule has 3 aromatic rings. The first-order valence-corrected chi connectivity index (χ1v) is 10.6. The van der Waals surface area contributed by atoms with E-state index in [-0.39, 0.29) is 13.2 Å². The number of anilines is 1. The van der Waals surface area contributed by atoms with Crippen LogP contribution in [-0.2, 0) is 6.42 Å². The highest BCUT2D eigenvalue weighted by atomic mass is 32.1. The molecule has 0 spiro atoms. The number of nitrogens with one attached hydrogen (secondary N) is 1. The van der Waals surface area contributed by atoms with E-state index in [1.54, 1.807) is 30.5 Å². The molecule has 4 heteroatoms. The van der Waals surface area contributed by atoms with Gasteiger partial charge in [-0.25, -0.2) is 4.39 Å². The van der Waals surface area contributed by atoms with Gasteiger partial charge >= 0.3 is 0 Å². The van der Waals surface area contributed by atoms with Crippen LogP contribution in [0.2, 0.25) is 0 Å². The van der Waals surface area contributed by atoms with Crippen LogP contribution in [0.15, 0.2) is 66.7 Å². The maximum Gasteiger partial charge on any atom is 0.255 e. The van der Waals surface area contributed by atoms with Gasteiger partial charge in [0, 0.05) is 12.7 Å². The Morgan fingerprint density at radius 1 is 1.03 bits per heavy atom. The summed E-state index contributed by atoms with van der Waals surface area (Å²) in [6.45, 7) is 12.9. The molecule has 164 valence electrons. The molecule has 0 aliphatic carbocycles. The summed E-state index contributed by atoms with van der Waals surface area (Å²) in [5, 5.41) is 4.44. The van der Waals surface area contributed by atoms with Gasteiger partial charge in [-0.05, 0) is 91.6 Å². The largest absolute Gasteiger partial charge is 0.322 e. The summed E-state index contributed by atoms with van der Waals surface area (Å²) in [6.07, 6.45) is 1.98. The molecule has 31 heavy (non-hydrogen) atoms. The van der Waals surface area contributed by atoms with E-state index in [1.165, 1.54) is 17.7 Å². The maximum atomic E-state index is 13.0. The SMILES string of the molecule is Cc1ccc(C(=O)Nc2cccc(F)c2)cc1C.[CH2]C.[CH2]c1ccccc1CCC=S.[HH]. The number of halogens is 1. The number of carbonyl (C=O) groups excluding carboxylic acids is 1. The van der Waals surface area contributed by atoms with E-state index in [0.29, 0.717) is 11.3 Å². The lowest BCUT2D eigenvalue weighted by Gasteiger charge is -2.07. The molecule has 0 heterocycles. The average molecular weight is 438 g/mol. The molecule has 1 amide bonds. The summed E-state index contributed by atoms with van der Waals surface area (Å²) in [5.74, 6) is -0.600. The van der Waals surface area contributed by atoms with Crippen LogP contribution < -0.4 is 5.32 Å². The van der Waals surface area contributed by atoms with Gasteiger partial charge < -0.3 is 5.32 Å². The number of rotatable bonds is 5. The lowest BCUT2D eigenvalue weighted by molar-refractivity contribution is 0.102. The average Bonchev–Trinajstić information content (AvgIpc) is 2.77. The van der Waals surface area contributed by atoms with Gasteiger partial charge in [-0.1, -0.05) is 62.5 Å². The molecule has 0 bridgehead atoms. The van der Waals surface area contributed by atoms with Crippen molar-refractivity contribution in [1.29, 1.82) is 0 Å². The van der Waals surface area contributed by atoms with Crippen LogP contribution in [0.5, 0.6) is 0 Å². The molecule has 2 nitrogen and oxygen atoms in total. The van der Waals surface area contributed by atoms with Crippen molar-refractivity contribution < 1.29 is 10.6 Å². The van der Waals surface area contributed by atoms with Gasteiger partial charge in [0.05, 0.1) is 0 Å². The molecule has 1 N–H and O–H groups in total. The normalized spacial score (nSPS) is 9.48. The quantitative estimate of drug-likeness (QED) is 0.417. The van der Waals surface area contributed by atoms with E-state index in [1.807, 2.05) is 44.2 Å². The van der Waals surface area contributed by atoms with Crippen molar-refractivity contribution >= 4 is 29.2 Å². The van der Waals surface area contributed by atoms with E-state index in [4.69, 9.17) is 12.2 Å². The van der Waals surface area contributed by atoms with E-state index in [9.17, 15) is 9.18 Å². The van der Waals surface area contributed by atoms with Gasteiger partial charge in [-0.15, -0.1) is 0 Å². The Balaban J connectivity index is 0.000000593. The van der Waals surface area contributed by atoms with Gasteiger partial charge in [0.2, 0.25) is 0 Å². The first-order chi connectivity index (χ1) is 14.9. The van der Waals surface area contributed by atoms with Crippen LogP contribution in [0.1, 0.15) is 47.4 Å². The van der Waals surface area contributed by atoms with Crippen molar-refractivity contribution in [2.24, 2.45) is 0 Å². The number of hydrogen-bond acceptors (Lipinski definition) is 2. The summed E-state index contributed by atoms with van der Waals surface area (Å²) in [4.78, 5) is 12.0. The summed E-state index contributed by atoms with van der Waals surface area (Å²) in [7, 11) is 0. The fraction of sp³-hybridized carbons (Fsp3) is 0.185. The zero-order valence-electron chi connectivity index (χ0n) is 18.5. The predicted octanol–water partition coefficient (Wildman–Crippen LogP) is 7.58. The van der Waals surface area contributed by atoms with Gasteiger partial charge in [0.1, 0.15) is 5.82 Å². The molecular weight excluding hydrogens is 405 g/mol. The monoisotopic (exact) mass is 437 g/mol. The lowest BCUT2D eigenvalue weighted by atomic mass is 10.1.